The average molecular weight is 467 g/mol. The lowest BCUT2D eigenvalue weighted by molar-refractivity contribution is 0.125. The number of aromatic hydroxyl groups is 4. The third kappa shape index (κ3) is 3.17. The van der Waals surface area contributed by atoms with E-state index in [2.05, 4.69) is 55.4 Å². The molecule has 0 fully saturated rings. The van der Waals surface area contributed by atoms with Crippen LogP contribution in [0.15, 0.2) is 24.3 Å². The van der Waals surface area contributed by atoms with Crippen LogP contribution in [0, 0.1) is 23.7 Å². The van der Waals surface area contributed by atoms with Gasteiger partial charge < -0.3 is 20.4 Å². The van der Waals surface area contributed by atoms with Crippen molar-refractivity contribution in [1.82, 2.24) is 0 Å². The van der Waals surface area contributed by atoms with Crippen molar-refractivity contribution < 1.29 is 20.4 Å². The molecule has 0 saturated heterocycles. The number of hydrogen-bond acceptors (Lipinski definition) is 4. The number of rotatable bonds is 5. The molecule has 2 aromatic rings. The second-order valence-electron chi connectivity index (χ2n) is 12.8. The number of hydrogen-bond donors (Lipinski definition) is 4. The van der Waals surface area contributed by atoms with Gasteiger partial charge in [-0.2, -0.15) is 0 Å². The Morgan fingerprint density at radius 2 is 1.24 bits per heavy atom. The predicted molar refractivity (Wildman–Crippen MR) is 137 cm³/mol. The number of benzene rings is 2. The van der Waals surface area contributed by atoms with Crippen LogP contribution in [-0.2, 0) is 16.2 Å². The first-order valence-electron chi connectivity index (χ1n) is 12.8. The molecule has 4 rings (SSSR count). The monoisotopic (exact) mass is 466 g/mol. The quantitative estimate of drug-likeness (QED) is 0.355. The predicted octanol–water partition coefficient (Wildman–Crippen LogP) is 7.09. The summed E-state index contributed by atoms with van der Waals surface area (Å²) < 4.78 is 0. The lowest BCUT2D eigenvalue weighted by atomic mass is 9.57. The minimum atomic E-state index is -0.583. The van der Waals surface area contributed by atoms with E-state index < -0.39 is 10.8 Å². The number of phenolic OH excluding ortho intramolecular Hbond substituents is 4. The highest BCUT2D eigenvalue weighted by molar-refractivity contribution is 5.70. The molecule has 2 aliphatic carbocycles. The Morgan fingerprint density at radius 1 is 0.735 bits per heavy atom. The van der Waals surface area contributed by atoms with Crippen molar-refractivity contribution in [3.05, 3.63) is 46.5 Å². The fourth-order valence-corrected chi connectivity index (χ4v) is 8.69. The Hall–Kier alpha value is -2.36. The Bertz CT molecular complexity index is 1120. The van der Waals surface area contributed by atoms with E-state index in [-0.39, 0.29) is 40.2 Å². The summed E-state index contributed by atoms with van der Waals surface area (Å²) in [6.45, 7) is 17.8. The van der Waals surface area contributed by atoms with Crippen LogP contribution in [0.2, 0.25) is 0 Å². The molecular weight excluding hydrogens is 424 g/mol. The van der Waals surface area contributed by atoms with Crippen LogP contribution in [0.4, 0.5) is 0 Å². The summed E-state index contributed by atoms with van der Waals surface area (Å²) in [4.78, 5) is 0. The third-order valence-corrected chi connectivity index (χ3v) is 8.71. The van der Waals surface area contributed by atoms with Crippen molar-refractivity contribution in [2.24, 2.45) is 23.7 Å². The Morgan fingerprint density at radius 3 is 1.74 bits per heavy atom. The topological polar surface area (TPSA) is 80.9 Å². The third-order valence-electron chi connectivity index (χ3n) is 8.71. The fourth-order valence-electron chi connectivity index (χ4n) is 8.69. The van der Waals surface area contributed by atoms with E-state index in [0.717, 1.165) is 41.5 Å². The van der Waals surface area contributed by atoms with Crippen LogP contribution in [0.25, 0.3) is 0 Å². The molecule has 4 N–H and O–H groups in total. The molecule has 1 spiro atoms. The van der Waals surface area contributed by atoms with Gasteiger partial charge in [0.25, 0.3) is 0 Å². The van der Waals surface area contributed by atoms with E-state index in [1.54, 1.807) is 12.1 Å². The van der Waals surface area contributed by atoms with E-state index in [9.17, 15) is 20.4 Å². The lowest BCUT2D eigenvalue weighted by Crippen LogP contribution is -2.44. The van der Waals surface area contributed by atoms with Crippen LogP contribution in [-0.4, -0.2) is 20.4 Å². The Balaban J connectivity index is 2.17. The van der Waals surface area contributed by atoms with Gasteiger partial charge in [0.1, 0.15) is 0 Å². The van der Waals surface area contributed by atoms with Gasteiger partial charge in [-0.05, 0) is 71.6 Å². The van der Waals surface area contributed by atoms with Gasteiger partial charge in [-0.15, -0.1) is 0 Å². The van der Waals surface area contributed by atoms with Gasteiger partial charge in [0.15, 0.2) is 23.0 Å². The molecule has 0 bridgehead atoms. The highest BCUT2D eigenvalue weighted by Crippen LogP contribution is 2.72. The summed E-state index contributed by atoms with van der Waals surface area (Å²) in [5, 5.41) is 44.0. The van der Waals surface area contributed by atoms with E-state index >= 15 is 0 Å². The fraction of sp³-hybridized carbons (Fsp3) is 0.600. The molecule has 4 atom stereocenters. The summed E-state index contributed by atoms with van der Waals surface area (Å²) in [6, 6.07) is 7.16. The van der Waals surface area contributed by atoms with E-state index in [4.69, 9.17) is 0 Å². The van der Waals surface area contributed by atoms with Crippen molar-refractivity contribution in [2.75, 3.05) is 0 Å². The summed E-state index contributed by atoms with van der Waals surface area (Å²) in [6.07, 6.45) is 2.59. The van der Waals surface area contributed by atoms with E-state index in [0.29, 0.717) is 11.8 Å². The van der Waals surface area contributed by atoms with E-state index in [1.165, 1.54) is 0 Å². The van der Waals surface area contributed by atoms with Crippen molar-refractivity contribution in [3.8, 4) is 23.0 Å². The summed E-state index contributed by atoms with van der Waals surface area (Å²) in [5.41, 5.74) is 2.50. The number of fused-ring (bicyclic) bond motifs is 4. The minimum Gasteiger partial charge on any atom is -0.504 e. The van der Waals surface area contributed by atoms with Crippen LogP contribution in [0.1, 0.15) is 96.9 Å². The molecule has 4 nitrogen and oxygen atoms in total. The molecule has 34 heavy (non-hydrogen) atoms. The molecule has 186 valence electrons. The minimum absolute atomic E-state index is 0.0389. The molecule has 0 amide bonds. The van der Waals surface area contributed by atoms with Gasteiger partial charge in [0.05, 0.1) is 0 Å². The maximum atomic E-state index is 11.4. The van der Waals surface area contributed by atoms with Crippen LogP contribution < -0.4 is 0 Å². The molecule has 4 heteroatoms. The molecular formula is C30H42O4. The molecule has 2 aliphatic rings. The molecule has 0 heterocycles. The first-order valence-corrected chi connectivity index (χ1v) is 12.8. The Kier molecular flexibility index (Phi) is 5.70. The second-order valence-corrected chi connectivity index (χ2v) is 12.8. The molecule has 0 aliphatic heterocycles. The second kappa shape index (κ2) is 7.83. The zero-order chi connectivity index (χ0) is 25.4. The lowest BCUT2D eigenvalue weighted by Gasteiger charge is -2.45. The van der Waals surface area contributed by atoms with Crippen molar-refractivity contribution in [2.45, 2.75) is 90.9 Å². The smallest absolute Gasteiger partial charge is 0.161 e. The zero-order valence-corrected chi connectivity index (χ0v) is 22.0. The van der Waals surface area contributed by atoms with Gasteiger partial charge in [-0.3, -0.25) is 0 Å². The highest BCUT2D eigenvalue weighted by atomic mass is 16.3. The van der Waals surface area contributed by atoms with Gasteiger partial charge >= 0.3 is 0 Å². The largest absolute Gasteiger partial charge is 0.504 e. The SMILES string of the molecule is CC(C)CC1(C)CC2(c3ccc(O)c(O)c3C(C)(CC(C)C)C2C(C)C)c2c1ccc(O)c2O. The highest BCUT2D eigenvalue weighted by Gasteiger charge is 2.66. The van der Waals surface area contributed by atoms with E-state index in [1.807, 2.05) is 12.1 Å². The normalized spacial score (nSPS) is 30.0. The zero-order valence-electron chi connectivity index (χ0n) is 22.0. The van der Waals surface area contributed by atoms with Gasteiger partial charge in [0.2, 0.25) is 0 Å². The summed E-state index contributed by atoms with van der Waals surface area (Å²) in [5.74, 6) is 0.839. The standard InChI is InChI=1S/C30H42O4/c1-16(2)13-28(7)15-30(24-19(28)9-11-22(32)26(24)34)20-10-12-21(31)25(33)23(20)29(8,14-17(3)4)27(30)18(5)6/h9-12,16-18,27,31-34H,13-15H2,1-8H3. The van der Waals surface area contributed by atoms with Crippen molar-refractivity contribution in [1.29, 1.82) is 0 Å². The maximum absolute atomic E-state index is 11.4. The number of phenols is 4. The average Bonchev–Trinajstić information content (AvgIpc) is 3.06. The van der Waals surface area contributed by atoms with Gasteiger partial charge in [-0.1, -0.05) is 67.5 Å². The van der Waals surface area contributed by atoms with Crippen molar-refractivity contribution >= 4 is 0 Å². The molecule has 0 aromatic heterocycles. The Labute approximate surface area is 204 Å². The summed E-state index contributed by atoms with van der Waals surface area (Å²) in [7, 11) is 0. The first-order chi connectivity index (χ1) is 15.7. The molecule has 2 aromatic carbocycles. The van der Waals surface area contributed by atoms with Gasteiger partial charge in [-0.25, -0.2) is 0 Å². The molecule has 0 radical (unpaired) electrons. The van der Waals surface area contributed by atoms with Crippen LogP contribution in [0.3, 0.4) is 0 Å². The van der Waals surface area contributed by atoms with Crippen LogP contribution >= 0.6 is 0 Å². The molecule has 0 saturated carbocycles. The molecule has 4 unspecified atom stereocenters. The maximum Gasteiger partial charge on any atom is 0.161 e. The summed E-state index contributed by atoms with van der Waals surface area (Å²) >= 11 is 0. The van der Waals surface area contributed by atoms with Crippen molar-refractivity contribution in [3.63, 3.8) is 0 Å². The van der Waals surface area contributed by atoms with Crippen LogP contribution in [0.5, 0.6) is 23.0 Å². The first kappa shape index (κ1) is 24.8. The van der Waals surface area contributed by atoms with Gasteiger partial charge in [0, 0.05) is 22.0 Å².